The van der Waals surface area contributed by atoms with E-state index in [1.807, 2.05) is 39.0 Å². The Hall–Kier alpha value is -3.19. The van der Waals surface area contributed by atoms with Crippen molar-refractivity contribution in [1.82, 2.24) is 25.1 Å². The number of aromatic nitrogens is 5. The Labute approximate surface area is 166 Å². The highest BCUT2D eigenvalue weighted by atomic mass is 35.5. The molecule has 142 valence electrons. The summed E-state index contributed by atoms with van der Waals surface area (Å²) in [7, 11) is 0. The van der Waals surface area contributed by atoms with Crippen LogP contribution in [-0.4, -0.2) is 25.1 Å². The lowest BCUT2D eigenvalue weighted by molar-refractivity contribution is 0.845. The van der Waals surface area contributed by atoms with E-state index in [1.165, 1.54) is 0 Å². The van der Waals surface area contributed by atoms with Gasteiger partial charge in [-0.25, -0.2) is 9.97 Å². The average Bonchev–Trinajstić information content (AvgIpc) is 3.00. The number of H-pyrrole nitrogens is 2. The molecule has 4 aromatic rings. The van der Waals surface area contributed by atoms with E-state index in [0.29, 0.717) is 16.5 Å². The number of hydrogen-bond donors (Lipinski definition) is 3. The molecule has 0 fully saturated rings. The van der Waals surface area contributed by atoms with E-state index in [-0.39, 0.29) is 11.6 Å². The molecule has 3 heterocycles. The molecule has 1 aromatic carbocycles. The third kappa shape index (κ3) is 3.36. The van der Waals surface area contributed by atoms with Crippen LogP contribution in [0.4, 0.5) is 5.95 Å². The van der Waals surface area contributed by atoms with Crippen molar-refractivity contribution in [2.45, 2.75) is 26.8 Å². The van der Waals surface area contributed by atoms with Crippen molar-refractivity contribution in [2.75, 3.05) is 5.32 Å². The Morgan fingerprint density at radius 1 is 1.18 bits per heavy atom. The van der Waals surface area contributed by atoms with Gasteiger partial charge in [0, 0.05) is 38.9 Å². The maximum Gasteiger partial charge on any atom is 0.253 e. The monoisotopic (exact) mass is 394 g/mol. The van der Waals surface area contributed by atoms with Crippen LogP contribution in [0.1, 0.15) is 29.9 Å². The number of benzene rings is 1. The number of aromatic amines is 2. The molecule has 8 heteroatoms. The summed E-state index contributed by atoms with van der Waals surface area (Å²) in [5.74, 6) is 0.440. The number of hydrogen-bond acceptors (Lipinski definition) is 5. The van der Waals surface area contributed by atoms with Crippen LogP contribution in [0.2, 0.25) is 5.02 Å². The first-order chi connectivity index (χ1) is 13.4. The highest BCUT2D eigenvalue weighted by Crippen LogP contribution is 2.25. The summed E-state index contributed by atoms with van der Waals surface area (Å²) in [4.78, 5) is 24.3. The quantitative estimate of drug-likeness (QED) is 0.482. The normalized spacial score (nSPS) is 12.3. The first-order valence-electron chi connectivity index (χ1n) is 8.86. The zero-order valence-corrected chi connectivity index (χ0v) is 16.4. The predicted octanol–water partition coefficient (Wildman–Crippen LogP) is 4.15. The summed E-state index contributed by atoms with van der Waals surface area (Å²) in [6.07, 6.45) is 1.69. The third-order valence-corrected chi connectivity index (χ3v) is 4.92. The van der Waals surface area contributed by atoms with Crippen molar-refractivity contribution in [2.24, 2.45) is 0 Å². The Morgan fingerprint density at radius 3 is 2.75 bits per heavy atom. The van der Waals surface area contributed by atoms with Gasteiger partial charge in [-0.3, -0.25) is 9.89 Å². The summed E-state index contributed by atoms with van der Waals surface area (Å²) in [5.41, 5.74) is 4.71. The molecule has 0 saturated carbocycles. The Kier molecular flexibility index (Phi) is 4.60. The van der Waals surface area contributed by atoms with Crippen molar-refractivity contribution >= 4 is 28.5 Å². The van der Waals surface area contributed by atoms with Crippen LogP contribution in [0.15, 0.2) is 41.3 Å². The van der Waals surface area contributed by atoms with E-state index in [0.717, 1.165) is 33.5 Å². The van der Waals surface area contributed by atoms with Gasteiger partial charge in [-0.15, -0.1) is 0 Å². The molecule has 1 atom stereocenters. The fraction of sp³-hybridized carbons (Fsp3) is 0.200. The van der Waals surface area contributed by atoms with Gasteiger partial charge >= 0.3 is 0 Å². The van der Waals surface area contributed by atoms with E-state index in [9.17, 15) is 4.79 Å². The lowest BCUT2D eigenvalue weighted by Crippen LogP contribution is -2.20. The summed E-state index contributed by atoms with van der Waals surface area (Å²) >= 11 is 6.08. The largest absolute Gasteiger partial charge is 0.347 e. The lowest BCUT2D eigenvalue weighted by atomic mass is 10.1. The van der Waals surface area contributed by atoms with Gasteiger partial charge in [0.2, 0.25) is 5.95 Å². The number of nitrogens with zero attached hydrogens (tertiary/aromatic N) is 3. The number of aryl methyl sites for hydroxylation is 2. The number of halogens is 1. The number of fused-ring (bicyclic) bond motifs is 1. The Morgan fingerprint density at radius 2 is 2.00 bits per heavy atom. The van der Waals surface area contributed by atoms with Crippen molar-refractivity contribution in [3.8, 4) is 11.3 Å². The van der Waals surface area contributed by atoms with E-state index in [1.54, 1.807) is 18.3 Å². The minimum atomic E-state index is -0.297. The maximum absolute atomic E-state index is 12.5. The zero-order valence-electron chi connectivity index (χ0n) is 15.7. The van der Waals surface area contributed by atoms with Gasteiger partial charge in [0.1, 0.15) is 0 Å². The van der Waals surface area contributed by atoms with E-state index < -0.39 is 0 Å². The van der Waals surface area contributed by atoms with Gasteiger partial charge in [-0.05, 0) is 51.1 Å². The average molecular weight is 395 g/mol. The van der Waals surface area contributed by atoms with Crippen LogP contribution in [-0.2, 0) is 0 Å². The molecule has 4 rings (SSSR count). The Bertz CT molecular complexity index is 1210. The minimum Gasteiger partial charge on any atom is -0.347 e. The fourth-order valence-electron chi connectivity index (χ4n) is 3.28. The van der Waals surface area contributed by atoms with Crippen LogP contribution < -0.4 is 10.9 Å². The highest BCUT2D eigenvalue weighted by Gasteiger charge is 2.15. The molecule has 0 spiro atoms. The zero-order chi connectivity index (χ0) is 19.8. The van der Waals surface area contributed by atoms with Crippen LogP contribution in [0.5, 0.6) is 0 Å². The van der Waals surface area contributed by atoms with Crippen LogP contribution in [0.25, 0.3) is 22.2 Å². The molecule has 7 nitrogen and oxygen atoms in total. The van der Waals surface area contributed by atoms with Gasteiger partial charge in [0.05, 0.1) is 17.4 Å². The summed E-state index contributed by atoms with van der Waals surface area (Å²) in [5, 5.41) is 11.9. The van der Waals surface area contributed by atoms with Gasteiger partial charge in [-0.1, -0.05) is 11.6 Å². The maximum atomic E-state index is 12.5. The lowest BCUT2D eigenvalue weighted by Gasteiger charge is -2.15. The number of pyridine rings is 1. The molecule has 28 heavy (non-hydrogen) atoms. The topological polar surface area (TPSA) is 99.4 Å². The van der Waals surface area contributed by atoms with Gasteiger partial charge < -0.3 is 10.3 Å². The fourth-order valence-corrected chi connectivity index (χ4v) is 3.46. The van der Waals surface area contributed by atoms with Crippen LogP contribution >= 0.6 is 11.6 Å². The van der Waals surface area contributed by atoms with Crippen molar-refractivity contribution in [1.29, 1.82) is 0 Å². The van der Waals surface area contributed by atoms with Gasteiger partial charge in [0.15, 0.2) is 0 Å². The standard InChI is InChI=1S/C20H19ClN6O/c1-10(15-9-13-8-14(21)4-5-16(13)24-19(15)28)23-20-22-7-6-17(25-20)18-11(2)26-27-12(18)3/h4-10H,1-3H3,(H,24,28)(H,26,27)(H,22,23,25). The smallest absolute Gasteiger partial charge is 0.253 e. The van der Waals surface area contributed by atoms with Gasteiger partial charge in [-0.2, -0.15) is 5.10 Å². The molecular formula is C20H19ClN6O. The van der Waals surface area contributed by atoms with E-state index >= 15 is 0 Å². The molecule has 3 aromatic heterocycles. The molecule has 0 bridgehead atoms. The first kappa shape index (κ1) is 18.2. The second-order valence-electron chi connectivity index (χ2n) is 6.73. The van der Waals surface area contributed by atoms with Crippen molar-refractivity contribution < 1.29 is 0 Å². The minimum absolute atomic E-state index is 0.160. The van der Waals surface area contributed by atoms with Crippen LogP contribution in [0, 0.1) is 13.8 Å². The number of nitrogens with one attached hydrogen (secondary N) is 3. The molecule has 3 N–H and O–H groups in total. The number of anilines is 1. The Balaban J connectivity index is 1.66. The van der Waals surface area contributed by atoms with E-state index in [2.05, 4.69) is 30.5 Å². The van der Waals surface area contributed by atoms with Crippen LogP contribution in [0.3, 0.4) is 0 Å². The molecule has 0 radical (unpaired) electrons. The van der Waals surface area contributed by atoms with E-state index in [4.69, 9.17) is 11.6 Å². The molecule has 0 saturated heterocycles. The van der Waals surface area contributed by atoms with Crippen molar-refractivity contribution in [3.05, 3.63) is 68.9 Å². The third-order valence-electron chi connectivity index (χ3n) is 4.69. The molecule has 0 amide bonds. The SMILES string of the molecule is Cc1n[nH]c(C)c1-c1ccnc(NC(C)c2cc3cc(Cl)ccc3[nH]c2=O)n1. The molecule has 0 aliphatic rings. The summed E-state index contributed by atoms with van der Waals surface area (Å²) in [6.45, 7) is 5.77. The summed E-state index contributed by atoms with van der Waals surface area (Å²) in [6, 6.07) is 8.75. The molecule has 0 aliphatic heterocycles. The first-order valence-corrected chi connectivity index (χ1v) is 9.24. The van der Waals surface area contributed by atoms with Gasteiger partial charge in [0.25, 0.3) is 5.56 Å². The molecule has 1 unspecified atom stereocenters. The highest BCUT2D eigenvalue weighted by molar-refractivity contribution is 6.31. The second-order valence-corrected chi connectivity index (χ2v) is 7.16. The molecular weight excluding hydrogens is 376 g/mol. The number of rotatable bonds is 4. The van der Waals surface area contributed by atoms with Crippen molar-refractivity contribution in [3.63, 3.8) is 0 Å². The molecule has 0 aliphatic carbocycles. The predicted molar refractivity (Wildman–Crippen MR) is 111 cm³/mol. The second kappa shape index (κ2) is 7.09. The summed E-state index contributed by atoms with van der Waals surface area (Å²) < 4.78 is 0.